The molecule has 7 nitrogen and oxygen atoms in total. The topological polar surface area (TPSA) is 76.9 Å². The minimum Gasteiger partial charge on any atom is -0.403 e. The largest absolute Gasteiger partial charge is 0.403 e. The number of hydrogen-bond acceptors (Lipinski definition) is 7. The van der Waals surface area contributed by atoms with Crippen molar-refractivity contribution in [3.05, 3.63) is 118 Å². The van der Waals surface area contributed by atoms with Gasteiger partial charge in [0.15, 0.2) is 17.7 Å². The molecule has 2 heterocycles. The zero-order chi connectivity index (χ0) is 32.4. The number of rotatable bonds is 9. The first-order valence-electron chi connectivity index (χ1n) is 14.9. The van der Waals surface area contributed by atoms with Gasteiger partial charge in [0.1, 0.15) is 5.15 Å². The summed E-state index contributed by atoms with van der Waals surface area (Å²) in [5.41, 5.74) is 0.281. The summed E-state index contributed by atoms with van der Waals surface area (Å²) in [7, 11) is -3.07. The highest BCUT2D eigenvalue weighted by molar-refractivity contribution is 6.99. The highest BCUT2D eigenvalue weighted by atomic mass is 35.5. The Bertz CT molecular complexity index is 1580. The van der Waals surface area contributed by atoms with Crippen LogP contribution >= 0.6 is 11.6 Å². The van der Waals surface area contributed by atoms with Gasteiger partial charge in [-0.2, -0.15) is 0 Å². The zero-order valence-corrected chi connectivity index (χ0v) is 27.8. The van der Waals surface area contributed by atoms with Crippen molar-refractivity contribution in [3.8, 4) is 0 Å². The quantitative estimate of drug-likeness (QED) is 0.144. The van der Waals surface area contributed by atoms with Crippen molar-refractivity contribution < 1.29 is 17.9 Å². The van der Waals surface area contributed by atoms with Crippen LogP contribution in [0.5, 0.6) is 0 Å². The van der Waals surface area contributed by atoms with Crippen molar-refractivity contribution >= 4 is 36.0 Å². The highest BCUT2D eigenvalue weighted by Gasteiger charge is 2.50. The number of morpholine rings is 1. The van der Waals surface area contributed by atoms with Crippen LogP contribution in [0, 0.1) is 16.5 Å². The average Bonchev–Trinajstić information content (AvgIpc) is 3.01. The van der Waals surface area contributed by atoms with Gasteiger partial charge in [-0.15, -0.1) is 4.91 Å². The Morgan fingerprint density at radius 3 is 2.04 bits per heavy atom. The van der Waals surface area contributed by atoms with Gasteiger partial charge in [0.25, 0.3) is 8.32 Å². The van der Waals surface area contributed by atoms with Gasteiger partial charge in [0.05, 0.1) is 42.6 Å². The van der Waals surface area contributed by atoms with E-state index >= 15 is 8.78 Å². The SMILES string of the molecule is CC1CN(c2c(CO[Si](c3ccccc3)(c3ccccc3)C(C)(C)C)cc(C(N=O)c3cnc(Cl)cn3)c(F)c2F)CC(C)O1. The number of benzene rings is 3. The molecule has 3 aromatic carbocycles. The van der Waals surface area contributed by atoms with Crippen LogP contribution in [0.1, 0.15) is 57.5 Å². The van der Waals surface area contributed by atoms with Gasteiger partial charge in [0.2, 0.25) is 0 Å². The molecule has 0 spiro atoms. The van der Waals surface area contributed by atoms with Crippen molar-refractivity contribution in [1.29, 1.82) is 0 Å². The third-order valence-corrected chi connectivity index (χ3v) is 13.4. The number of nitrogens with zero attached hydrogens (tertiary/aromatic N) is 4. The summed E-state index contributed by atoms with van der Waals surface area (Å²) in [6.07, 6.45) is 2.05. The fraction of sp³-hybridized carbons (Fsp3) is 0.353. The van der Waals surface area contributed by atoms with Crippen LogP contribution in [0.4, 0.5) is 14.5 Å². The van der Waals surface area contributed by atoms with Crippen LogP contribution in [-0.2, 0) is 15.8 Å². The molecule has 236 valence electrons. The van der Waals surface area contributed by atoms with Crippen LogP contribution in [0.3, 0.4) is 0 Å². The van der Waals surface area contributed by atoms with E-state index in [0.717, 1.165) is 10.4 Å². The van der Waals surface area contributed by atoms with Crippen LogP contribution in [0.25, 0.3) is 0 Å². The Hall–Kier alpha value is -3.57. The van der Waals surface area contributed by atoms with Gasteiger partial charge in [-0.05, 0) is 35.3 Å². The normalized spacial score (nSPS) is 18.1. The van der Waals surface area contributed by atoms with Crippen LogP contribution in [0.2, 0.25) is 10.2 Å². The molecule has 3 unspecified atom stereocenters. The summed E-state index contributed by atoms with van der Waals surface area (Å²) in [5, 5.41) is 4.98. The van der Waals surface area contributed by atoms with E-state index in [-0.39, 0.29) is 46.0 Å². The number of hydrogen-bond donors (Lipinski definition) is 0. The minimum absolute atomic E-state index is 0.0490. The molecular formula is C34H37ClF2N4O3Si. The maximum atomic E-state index is 16.4. The van der Waals surface area contributed by atoms with E-state index in [2.05, 4.69) is 60.2 Å². The van der Waals surface area contributed by atoms with Gasteiger partial charge >= 0.3 is 0 Å². The summed E-state index contributed by atoms with van der Waals surface area (Å²) in [6, 6.07) is 20.2. The number of anilines is 1. The molecule has 0 N–H and O–H groups in total. The molecule has 5 rings (SSSR count). The lowest BCUT2D eigenvalue weighted by Gasteiger charge is -2.43. The van der Waals surface area contributed by atoms with Crippen molar-refractivity contribution in [2.24, 2.45) is 5.18 Å². The number of ether oxygens (including phenoxy) is 1. The lowest BCUT2D eigenvalue weighted by molar-refractivity contribution is -0.00553. The summed E-state index contributed by atoms with van der Waals surface area (Å²) < 4.78 is 45.5. The molecule has 0 bridgehead atoms. The fourth-order valence-electron chi connectivity index (χ4n) is 6.38. The lowest BCUT2D eigenvalue weighted by Crippen LogP contribution is -2.66. The molecule has 4 aromatic rings. The second-order valence-corrected chi connectivity index (χ2v) is 17.2. The van der Waals surface area contributed by atoms with E-state index in [1.807, 2.05) is 50.2 Å². The molecule has 0 radical (unpaired) electrons. The summed E-state index contributed by atoms with van der Waals surface area (Å²) in [4.78, 5) is 22.1. The summed E-state index contributed by atoms with van der Waals surface area (Å²) in [5.74, 6) is -2.25. The molecule has 0 aliphatic carbocycles. The van der Waals surface area contributed by atoms with E-state index in [1.165, 1.54) is 18.5 Å². The van der Waals surface area contributed by atoms with Crippen molar-refractivity contribution in [2.75, 3.05) is 18.0 Å². The first kappa shape index (κ1) is 32.8. The standard InChI is InChI=1S/C34H37ClF2N4O3Si/c1-22-19-41(20-23(2)44-22)33-24(16-27(30(36)31(33)37)32(40-42)28-17-39-29(35)18-38-28)21-43-45(34(3,4)5,25-12-8-6-9-13-25)26-14-10-7-11-15-26/h6-18,22-23,32H,19-21H2,1-5H3. The number of halogens is 3. The van der Waals surface area contributed by atoms with E-state index < -0.39 is 26.0 Å². The van der Waals surface area contributed by atoms with Crippen molar-refractivity contribution in [1.82, 2.24) is 9.97 Å². The predicted molar refractivity (Wildman–Crippen MR) is 176 cm³/mol. The molecule has 0 amide bonds. The molecular weight excluding hydrogens is 614 g/mol. The highest BCUT2D eigenvalue weighted by Crippen LogP contribution is 2.40. The summed E-state index contributed by atoms with van der Waals surface area (Å²) in [6.45, 7) is 10.9. The van der Waals surface area contributed by atoms with Gasteiger partial charge < -0.3 is 14.1 Å². The third kappa shape index (κ3) is 6.56. The van der Waals surface area contributed by atoms with Gasteiger partial charge in [-0.1, -0.05) is 98.2 Å². The average molecular weight is 651 g/mol. The third-order valence-electron chi connectivity index (χ3n) is 8.21. The van der Waals surface area contributed by atoms with E-state index in [1.54, 1.807) is 4.90 Å². The maximum Gasteiger partial charge on any atom is 0.261 e. The Morgan fingerprint density at radius 1 is 0.978 bits per heavy atom. The van der Waals surface area contributed by atoms with Gasteiger partial charge in [-0.3, -0.25) is 4.98 Å². The molecule has 11 heteroatoms. The van der Waals surface area contributed by atoms with Crippen molar-refractivity contribution in [3.63, 3.8) is 0 Å². The first-order chi connectivity index (χ1) is 21.5. The summed E-state index contributed by atoms with van der Waals surface area (Å²) >= 11 is 5.89. The molecule has 3 atom stereocenters. The molecule has 1 aromatic heterocycles. The van der Waals surface area contributed by atoms with E-state index in [9.17, 15) is 4.91 Å². The fourth-order valence-corrected chi connectivity index (χ4v) is 11.0. The second-order valence-electron chi connectivity index (χ2n) is 12.5. The Balaban J connectivity index is 1.70. The first-order valence-corrected chi connectivity index (χ1v) is 17.2. The van der Waals surface area contributed by atoms with Gasteiger partial charge in [-0.25, -0.2) is 13.8 Å². The number of nitroso groups, excluding NO2 is 1. The monoisotopic (exact) mass is 650 g/mol. The zero-order valence-electron chi connectivity index (χ0n) is 26.0. The smallest absolute Gasteiger partial charge is 0.261 e. The van der Waals surface area contributed by atoms with Crippen LogP contribution in [-0.4, -0.2) is 43.6 Å². The Labute approximate surface area is 268 Å². The molecule has 0 saturated carbocycles. The van der Waals surface area contributed by atoms with E-state index in [4.69, 9.17) is 20.8 Å². The Kier molecular flexibility index (Phi) is 9.79. The Morgan fingerprint density at radius 2 is 1.56 bits per heavy atom. The molecule has 1 fully saturated rings. The minimum atomic E-state index is -3.07. The molecule has 1 saturated heterocycles. The van der Waals surface area contributed by atoms with E-state index in [0.29, 0.717) is 18.7 Å². The van der Waals surface area contributed by atoms with Crippen molar-refractivity contribution in [2.45, 2.75) is 64.5 Å². The second kappa shape index (κ2) is 13.4. The molecule has 1 aliphatic rings. The van der Waals surface area contributed by atoms with Crippen LogP contribution < -0.4 is 15.3 Å². The maximum absolute atomic E-state index is 16.4. The lowest BCUT2D eigenvalue weighted by atomic mass is 9.98. The van der Waals surface area contributed by atoms with Gasteiger partial charge in [0, 0.05) is 24.2 Å². The molecule has 1 aliphatic heterocycles. The van der Waals surface area contributed by atoms with Crippen LogP contribution in [0.15, 0.2) is 84.3 Å². The number of aromatic nitrogens is 2. The predicted octanol–water partition coefficient (Wildman–Crippen LogP) is 6.95. The molecule has 45 heavy (non-hydrogen) atoms.